The summed E-state index contributed by atoms with van der Waals surface area (Å²) in [5.74, 6) is 2.99. The van der Waals surface area contributed by atoms with Crippen LogP contribution in [-0.4, -0.2) is 65.6 Å². The summed E-state index contributed by atoms with van der Waals surface area (Å²) in [6.45, 7) is 4.20. The molecule has 0 saturated carbocycles. The molecule has 1 aromatic carbocycles. The van der Waals surface area contributed by atoms with Crippen molar-refractivity contribution >= 4 is 63.9 Å². The second-order valence-corrected chi connectivity index (χ2v) is 10.2. The maximum absolute atomic E-state index is 12.6. The molecule has 5 rings (SSSR count). The van der Waals surface area contributed by atoms with Crippen molar-refractivity contribution in [2.24, 2.45) is 0 Å². The number of fused-ring (bicyclic) bond motifs is 1. The van der Waals surface area contributed by atoms with E-state index in [1.54, 1.807) is 4.88 Å². The van der Waals surface area contributed by atoms with Crippen LogP contribution in [0.15, 0.2) is 30.3 Å². The van der Waals surface area contributed by atoms with Crippen LogP contribution in [0.25, 0.3) is 10.1 Å². The molecule has 0 radical (unpaired) electrons. The van der Waals surface area contributed by atoms with Crippen LogP contribution in [0.5, 0.6) is 0 Å². The third-order valence-electron chi connectivity index (χ3n) is 6.36. The molecule has 2 aromatic rings. The second-order valence-electron chi connectivity index (χ2n) is 7.99. The Hall–Kier alpha value is -0.500. The molecule has 3 saturated heterocycles. The van der Waals surface area contributed by atoms with Gasteiger partial charge in [-0.15, -0.1) is 47.9 Å². The van der Waals surface area contributed by atoms with Crippen LogP contribution in [0.3, 0.4) is 0 Å². The highest BCUT2D eigenvalue weighted by Gasteiger charge is 2.37. The largest absolute Gasteiger partial charge is 0.331 e. The second kappa shape index (κ2) is 10.2. The molecule has 160 valence electrons. The molecule has 29 heavy (non-hydrogen) atoms. The topological polar surface area (TPSA) is 35.6 Å². The first kappa shape index (κ1) is 23.2. The Morgan fingerprint density at radius 3 is 2.62 bits per heavy atom. The monoisotopic (exact) mass is 473 g/mol. The minimum atomic E-state index is 0. The Morgan fingerprint density at radius 2 is 1.90 bits per heavy atom. The number of halogens is 2. The fraction of sp³-hybridized carbons (Fsp3) is 0.571. The molecule has 4 nitrogen and oxygen atoms in total. The van der Waals surface area contributed by atoms with Gasteiger partial charge in [0.2, 0.25) is 5.91 Å². The van der Waals surface area contributed by atoms with Gasteiger partial charge in [0.15, 0.2) is 0 Å². The lowest BCUT2D eigenvalue weighted by atomic mass is 9.93. The van der Waals surface area contributed by atoms with E-state index < -0.39 is 0 Å². The number of hydrogen-bond donors (Lipinski definition) is 1. The van der Waals surface area contributed by atoms with E-state index in [2.05, 4.69) is 40.5 Å². The predicted octanol–water partition coefficient (Wildman–Crippen LogP) is 4.19. The number of nitrogens with zero attached hydrogens (tertiary/aromatic N) is 2. The molecule has 1 aromatic heterocycles. The van der Waals surface area contributed by atoms with Crippen molar-refractivity contribution in [1.82, 2.24) is 15.1 Å². The molecule has 3 aliphatic rings. The minimum absolute atomic E-state index is 0. The van der Waals surface area contributed by atoms with E-state index in [0.717, 1.165) is 44.2 Å². The summed E-state index contributed by atoms with van der Waals surface area (Å²) in [4.78, 5) is 18.8. The van der Waals surface area contributed by atoms with Crippen molar-refractivity contribution in [3.8, 4) is 0 Å². The van der Waals surface area contributed by atoms with Gasteiger partial charge in [0.25, 0.3) is 0 Å². The first-order chi connectivity index (χ1) is 13.3. The molecular weight excluding hydrogens is 445 g/mol. The molecule has 0 aliphatic carbocycles. The van der Waals surface area contributed by atoms with Gasteiger partial charge in [0.05, 0.1) is 11.9 Å². The van der Waals surface area contributed by atoms with Gasteiger partial charge in [-0.05, 0) is 55.8 Å². The number of likely N-dealkylation sites (tertiary alicyclic amines) is 1. The average molecular weight is 475 g/mol. The van der Waals surface area contributed by atoms with Crippen LogP contribution in [0.2, 0.25) is 0 Å². The summed E-state index contributed by atoms with van der Waals surface area (Å²) in [6, 6.07) is 11.7. The molecule has 1 N–H and O–H groups in total. The number of benzene rings is 1. The van der Waals surface area contributed by atoms with Crippen LogP contribution in [0.1, 0.15) is 30.1 Å². The van der Waals surface area contributed by atoms with Crippen LogP contribution in [0.4, 0.5) is 0 Å². The lowest BCUT2D eigenvalue weighted by Crippen LogP contribution is -2.42. The molecule has 1 amide bonds. The number of thioether (sulfide) groups is 1. The zero-order valence-electron chi connectivity index (χ0n) is 16.4. The van der Waals surface area contributed by atoms with Gasteiger partial charge in [0.1, 0.15) is 0 Å². The standard InChI is InChI=1S/C21H27N3OS2.2ClH/c25-21(24-9-10-26-14-24)18-12-17(13-22-18)23-7-5-15(6-8-23)20-11-16-3-1-2-4-19(16)27-20;;/h1-4,11,15,17-18,22H,5-10,12-14H2;2*1H/t17-,18-;;/m0../s1. The Labute approximate surface area is 193 Å². The van der Waals surface area contributed by atoms with Gasteiger partial charge in [0, 0.05) is 34.5 Å². The molecule has 3 fully saturated rings. The van der Waals surface area contributed by atoms with Crippen molar-refractivity contribution in [2.45, 2.75) is 37.3 Å². The number of piperidine rings is 1. The highest BCUT2D eigenvalue weighted by atomic mass is 35.5. The van der Waals surface area contributed by atoms with Gasteiger partial charge >= 0.3 is 0 Å². The maximum Gasteiger partial charge on any atom is 0.240 e. The number of nitrogens with one attached hydrogen (secondary N) is 1. The zero-order valence-corrected chi connectivity index (χ0v) is 19.7. The molecule has 3 aliphatic heterocycles. The number of amides is 1. The van der Waals surface area contributed by atoms with E-state index in [0.29, 0.717) is 17.9 Å². The van der Waals surface area contributed by atoms with E-state index in [9.17, 15) is 4.79 Å². The molecule has 0 unspecified atom stereocenters. The first-order valence-corrected chi connectivity index (χ1v) is 12.1. The molecule has 0 spiro atoms. The van der Waals surface area contributed by atoms with Gasteiger partial charge in [-0.2, -0.15) is 0 Å². The summed E-state index contributed by atoms with van der Waals surface area (Å²) in [5, 5.41) is 4.89. The summed E-state index contributed by atoms with van der Waals surface area (Å²) < 4.78 is 1.41. The third kappa shape index (κ3) is 4.89. The fourth-order valence-electron chi connectivity index (χ4n) is 4.74. The first-order valence-electron chi connectivity index (χ1n) is 10.1. The van der Waals surface area contributed by atoms with Crippen molar-refractivity contribution in [3.63, 3.8) is 0 Å². The number of thiophene rings is 1. The van der Waals surface area contributed by atoms with E-state index >= 15 is 0 Å². The Bertz CT molecular complexity index is 786. The number of hydrogen-bond acceptors (Lipinski definition) is 5. The van der Waals surface area contributed by atoms with Gasteiger partial charge in [-0.3, -0.25) is 9.69 Å². The minimum Gasteiger partial charge on any atom is -0.331 e. The normalized spacial score (nSPS) is 25.7. The molecule has 4 heterocycles. The molecule has 8 heteroatoms. The quantitative estimate of drug-likeness (QED) is 0.724. The SMILES string of the molecule is Cl.Cl.O=C([C@@H]1C[C@H](N2CCC(c3cc4ccccc4s3)CC2)CN1)N1CCSC1. The fourth-order valence-corrected chi connectivity index (χ4v) is 6.93. The third-order valence-corrected chi connectivity index (χ3v) is 8.61. The van der Waals surface area contributed by atoms with Crippen molar-refractivity contribution in [3.05, 3.63) is 35.2 Å². The summed E-state index contributed by atoms with van der Waals surface area (Å²) in [6.07, 6.45) is 3.46. The lowest BCUT2D eigenvalue weighted by Gasteiger charge is -2.35. The Kier molecular flexibility index (Phi) is 8.15. The van der Waals surface area contributed by atoms with Gasteiger partial charge in [-0.25, -0.2) is 0 Å². The zero-order chi connectivity index (χ0) is 18.2. The lowest BCUT2D eigenvalue weighted by molar-refractivity contribution is -0.131. The van der Waals surface area contributed by atoms with Crippen LogP contribution >= 0.6 is 47.9 Å². The average Bonchev–Trinajstić information content (AvgIpc) is 3.48. The summed E-state index contributed by atoms with van der Waals surface area (Å²) >= 11 is 3.84. The maximum atomic E-state index is 12.6. The van der Waals surface area contributed by atoms with E-state index in [1.807, 2.05) is 28.0 Å². The smallest absolute Gasteiger partial charge is 0.240 e. The highest BCUT2D eigenvalue weighted by molar-refractivity contribution is 7.99. The van der Waals surface area contributed by atoms with Crippen molar-refractivity contribution in [2.75, 3.05) is 37.8 Å². The Morgan fingerprint density at radius 1 is 1.10 bits per heavy atom. The van der Waals surface area contributed by atoms with E-state index in [4.69, 9.17) is 0 Å². The van der Waals surface area contributed by atoms with Crippen LogP contribution < -0.4 is 5.32 Å². The predicted molar refractivity (Wildman–Crippen MR) is 129 cm³/mol. The highest BCUT2D eigenvalue weighted by Crippen LogP contribution is 2.37. The van der Waals surface area contributed by atoms with E-state index in [1.165, 1.54) is 22.9 Å². The molecular formula is C21H29Cl2N3OS2. The van der Waals surface area contributed by atoms with Crippen LogP contribution in [0, 0.1) is 0 Å². The molecule has 2 atom stereocenters. The number of carbonyl (C=O) groups excluding carboxylic acids is 1. The number of rotatable bonds is 3. The summed E-state index contributed by atoms with van der Waals surface area (Å²) in [5.41, 5.74) is 0. The van der Waals surface area contributed by atoms with Crippen molar-refractivity contribution < 1.29 is 4.79 Å². The van der Waals surface area contributed by atoms with Crippen molar-refractivity contribution in [1.29, 1.82) is 0 Å². The molecule has 0 bridgehead atoms. The van der Waals surface area contributed by atoms with Gasteiger partial charge < -0.3 is 10.2 Å². The number of carbonyl (C=O) groups is 1. The van der Waals surface area contributed by atoms with Gasteiger partial charge in [-0.1, -0.05) is 18.2 Å². The Balaban J connectivity index is 0.00000120. The van der Waals surface area contributed by atoms with Crippen LogP contribution in [-0.2, 0) is 4.79 Å². The van der Waals surface area contributed by atoms with E-state index in [-0.39, 0.29) is 30.9 Å². The summed E-state index contributed by atoms with van der Waals surface area (Å²) in [7, 11) is 0.